The number of aromatic nitrogens is 1. The Morgan fingerprint density at radius 1 is 0.935 bits per heavy atom. The fourth-order valence-corrected chi connectivity index (χ4v) is 4.23. The van der Waals surface area contributed by atoms with Gasteiger partial charge in [-0.05, 0) is 31.2 Å². The summed E-state index contributed by atoms with van der Waals surface area (Å²) in [5, 5.41) is 3.87. The zero-order chi connectivity index (χ0) is 21.2. The number of rotatable bonds is 4. The Hall–Kier alpha value is -3.70. The summed E-state index contributed by atoms with van der Waals surface area (Å²) in [6.45, 7) is 2.08. The number of nitrogens with zero attached hydrogens (tertiary/aromatic N) is 2. The molecule has 0 aliphatic carbocycles. The predicted molar refractivity (Wildman–Crippen MR) is 126 cm³/mol. The molecule has 0 spiro atoms. The summed E-state index contributed by atoms with van der Waals surface area (Å²) in [7, 11) is 1.64. The molecule has 0 radical (unpaired) electrons. The number of hydrogen-bond acceptors (Lipinski definition) is 5. The molecule has 2 aromatic heterocycles. The fraction of sp³-hybridized carbons (Fsp3) is 0.0769. The minimum Gasteiger partial charge on any atom is -0.493 e. The monoisotopic (exact) mass is 424 g/mol. The second kappa shape index (κ2) is 8.20. The van der Waals surface area contributed by atoms with E-state index < -0.39 is 0 Å². The zero-order valence-corrected chi connectivity index (χ0v) is 18.0. The number of aryl methyl sites for hydroxylation is 1. The van der Waals surface area contributed by atoms with E-state index in [4.69, 9.17) is 19.1 Å². The SMILES string of the molecule is COc1cccc2cc(-c3nc(-c4ccc(C)cc4)cs3)c(=Nc3ccccc3)oc12. The van der Waals surface area contributed by atoms with Gasteiger partial charge in [0, 0.05) is 16.3 Å². The number of thiazole rings is 1. The number of para-hydroxylation sites is 2. The lowest BCUT2D eigenvalue weighted by Gasteiger charge is -2.06. The molecule has 0 saturated carbocycles. The van der Waals surface area contributed by atoms with E-state index in [9.17, 15) is 0 Å². The van der Waals surface area contributed by atoms with Crippen molar-refractivity contribution in [1.29, 1.82) is 0 Å². The van der Waals surface area contributed by atoms with Crippen LogP contribution in [-0.2, 0) is 0 Å². The standard InChI is InChI=1S/C26H20N2O2S/c1-17-11-13-18(14-12-17)22-16-31-26(28-22)21-15-19-7-6-10-23(29-2)24(19)30-25(21)27-20-8-4-3-5-9-20/h3-16H,1-2H3. The molecule has 0 fully saturated rings. The van der Waals surface area contributed by atoms with Gasteiger partial charge in [0.15, 0.2) is 11.3 Å². The predicted octanol–water partition coefficient (Wildman–Crippen LogP) is 6.77. The van der Waals surface area contributed by atoms with Crippen molar-refractivity contribution in [2.45, 2.75) is 6.92 Å². The van der Waals surface area contributed by atoms with E-state index in [1.165, 1.54) is 5.56 Å². The summed E-state index contributed by atoms with van der Waals surface area (Å²) in [4.78, 5) is 9.68. The van der Waals surface area contributed by atoms with E-state index in [1.54, 1.807) is 18.4 Å². The van der Waals surface area contributed by atoms with Gasteiger partial charge in [-0.1, -0.05) is 60.2 Å². The van der Waals surface area contributed by atoms with Crippen LogP contribution in [0.5, 0.6) is 5.75 Å². The average molecular weight is 425 g/mol. The molecule has 0 aliphatic rings. The molecule has 0 aliphatic heterocycles. The molecule has 0 bridgehead atoms. The first-order chi connectivity index (χ1) is 15.2. The number of ether oxygens (including phenoxy) is 1. The van der Waals surface area contributed by atoms with Gasteiger partial charge in [-0.15, -0.1) is 11.3 Å². The smallest absolute Gasteiger partial charge is 0.230 e. The van der Waals surface area contributed by atoms with Crippen LogP contribution in [0.1, 0.15) is 5.56 Å². The van der Waals surface area contributed by atoms with Gasteiger partial charge >= 0.3 is 0 Å². The van der Waals surface area contributed by atoms with E-state index in [1.807, 2.05) is 48.5 Å². The highest BCUT2D eigenvalue weighted by atomic mass is 32.1. The fourth-order valence-electron chi connectivity index (χ4n) is 3.40. The van der Waals surface area contributed by atoms with Crippen LogP contribution in [0.4, 0.5) is 5.69 Å². The molecular weight excluding hydrogens is 404 g/mol. The summed E-state index contributed by atoms with van der Waals surface area (Å²) in [5.41, 5.74) is 6.10. The Labute approximate surface area is 184 Å². The largest absolute Gasteiger partial charge is 0.493 e. The quantitative estimate of drug-likeness (QED) is 0.320. The molecule has 2 heterocycles. The van der Waals surface area contributed by atoms with E-state index in [2.05, 4.69) is 42.6 Å². The number of benzene rings is 3. The molecular formula is C26H20N2O2S. The molecule has 0 amide bonds. The molecule has 5 heteroatoms. The summed E-state index contributed by atoms with van der Waals surface area (Å²) < 4.78 is 11.8. The maximum atomic E-state index is 6.28. The van der Waals surface area contributed by atoms with E-state index in [0.717, 1.165) is 32.9 Å². The molecule has 0 N–H and O–H groups in total. The van der Waals surface area contributed by atoms with Crippen molar-refractivity contribution in [1.82, 2.24) is 4.98 Å². The summed E-state index contributed by atoms with van der Waals surface area (Å²) >= 11 is 1.58. The van der Waals surface area contributed by atoms with Crippen LogP contribution in [0, 0.1) is 6.92 Å². The van der Waals surface area contributed by atoms with Gasteiger partial charge in [0.1, 0.15) is 5.01 Å². The summed E-state index contributed by atoms with van der Waals surface area (Å²) in [5.74, 6) is 0.674. The van der Waals surface area contributed by atoms with Crippen LogP contribution in [0.2, 0.25) is 0 Å². The van der Waals surface area contributed by atoms with Gasteiger partial charge in [-0.25, -0.2) is 9.98 Å². The van der Waals surface area contributed by atoms with Crippen LogP contribution >= 0.6 is 11.3 Å². The maximum absolute atomic E-state index is 6.28. The molecule has 4 nitrogen and oxygen atoms in total. The third-order valence-electron chi connectivity index (χ3n) is 5.03. The number of fused-ring (bicyclic) bond motifs is 1. The Balaban J connectivity index is 1.71. The van der Waals surface area contributed by atoms with Crippen LogP contribution in [0.25, 0.3) is 32.8 Å². The highest BCUT2D eigenvalue weighted by Crippen LogP contribution is 2.31. The van der Waals surface area contributed by atoms with Gasteiger partial charge in [0.25, 0.3) is 0 Å². The Kier molecular flexibility index (Phi) is 5.10. The van der Waals surface area contributed by atoms with Crippen molar-refractivity contribution in [2.75, 3.05) is 7.11 Å². The first-order valence-electron chi connectivity index (χ1n) is 9.95. The van der Waals surface area contributed by atoms with Crippen molar-refractivity contribution < 1.29 is 9.15 Å². The normalized spacial score (nSPS) is 11.7. The first kappa shape index (κ1) is 19.3. The maximum Gasteiger partial charge on any atom is 0.230 e. The number of methoxy groups -OCH3 is 1. The molecule has 5 aromatic rings. The Bertz CT molecular complexity index is 1420. The molecule has 152 valence electrons. The van der Waals surface area contributed by atoms with Gasteiger partial charge in [-0.2, -0.15) is 0 Å². The zero-order valence-electron chi connectivity index (χ0n) is 17.2. The highest BCUT2D eigenvalue weighted by molar-refractivity contribution is 7.13. The molecule has 0 unspecified atom stereocenters. The van der Waals surface area contributed by atoms with Gasteiger partial charge in [-0.3, -0.25) is 0 Å². The highest BCUT2D eigenvalue weighted by Gasteiger charge is 2.14. The van der Waals surface area contributed by atoms with E-state index in [-0.39, 0.29) is 0 Å². The third-order valence-corrected chi connectivity index (χ3v) is 5.90. The van der Waals surface area contributed by atoms with Crippen LogP contribution in [0.15, 0.2) is 93.7 Å². The van der Waals surface area contributed by atoms with Crippen molar-refractivity contribution >= 4 is 28.0 Å². The minimum absolute atomic E-state index is 0.507. The van der Waals surface area contributed by atoms with E-state index in [0.29, 0.717) is 16.9 Å². The van der Waals surface area contributed by atoms with Crippen molar-refractivity contribution in [3.63, 3.8) is 0 Å². The van der Waals surface area contributed by atoms with Crippen LogP contribution in [-0.4, -0.2) is 12.1 Å². The van der Waals surface area contributed by atoms with Crippen molar-refractivity contribution in [3.05, 3.63) is 95.4 Å². The first-order valence-corrected chi connectivity index (χ1v) is 10.8. The second-order valence-electron chi connectivity index (χ2n) is 7.20. The van der Waals surface area contributed by atoms with Gasteiger partial charge < -0.3 is 9.15 Å². The van der Waals surface area contributed by atoms with Crippen molar-refractivity contribution in [3.8, 4) is 27.6 Å². The Morgan fingerprint density at radius 3 is 2.52 bits per heavy atom. The lowest BCUT2D eigenvalue weighted by Crippen LogP contribution is -2.05. The summed E-state index contributed by atoms with van der Waals surface area (Å²) in [6.07, 6.45) is 0. The Morgan fingerprint density at radius 2 is 1.74 bits per heavy atom. The minimum atomic E-state index is 0.507. The topological polar surface area (TPSA) is 47.6 Å². The van der Waals surface area contributed by atoms with Crippen LogP contribution < -0.4 is 10.3 Å². The molecule has 3 aromatic carbocycles. The molecule has 5 rings (SSSR count). The molecule has 0 atom stereocenters. The van der Waals surface area contributed by atoms with Crippen LogP contribution in [0.3, 0.4) is 0 Å². The second-order valence-corrected chi connectivity index (χ2v) is 8.05. The van der Waals surface area contributed by atoms with Gasteiger partial charge in [0.05, 0.1) is 24.1 Å². The van der Waals surface area contributed by atoms with E-state index >= 15 is 0 Å². The van der Waals surface area contributed by atoms with Gasteiger partial charge in [0.2, 0.25) is 5.55 Å². The van der Waals surface area contributed by atoms with Crippen molar-refractivity contribution in [2.24, 2.45) is 4.99 Å². The third kappa shape index (κ3) is 3.88. The lowest BCUT2D eigenvalue weighted by molar-refractivity contribution is 0.406. The summed E-state index contributed by atoms with van der Waals surface area (Å²) in [6, 6.07) is 26.1. The molecule has 31 heavy (non-hydrogen) atoms. The number of hydrogen-bond donors (Lipinski definition) is 0. The lowest BCUT2D eigenvalue weighted by atomic mass is 10.1. The molecule has 0 saturated heterocycles. The average Bonchev–Trinajstić information content (AvgIpc) is 3.29.